The molecule has 9 heteroatoms. The number of carbonyl (C=O) groups is 1. The number of halogens is 3. The maximum absolute atomic E-state index is 12.6. The number of thioether (sulfide) groups is 1. The molecule has 1 amide bonds. The lowest BCUT2D eigenvalue weighted by atomic mass is 10.2. The second kappa shape index (κ2) is 10.7. The number of aryl methyl sites for hydroxylation is 1. The second-order valence-corrected chi connectivity index (χ2v) is 10.0. The standard InChI is InChI=1S/C24H19BrCl2N4OS/c1-15-4-2-5-16(10-15)14-33-24-30-29-22(31(24)21-9-8-19(26)12-20(21)27)13-28-23(32)17-6-3-7-18(25)11-17/h2-12H,13-14H2,1H3,(H,28,32). The maximum atomic E-state index is 12.6. The van der Waals surface area contributed by atoms with Gasteiger partial charge in [-0.05, 0) is 48.9 Å². The first-order valence-corrected chi connectivity index (χ1v) is 12.6. The highest BCUT2D eigenvalue weighted by Crippen LogP contribution is 2.31. The van der Waals surface area contributed by atoms with Crippen LogP contribution in [-0.2, 0) is 12.3 Å². The molecule has 0 bridgehead atoms. The lowest BCUT2D eigenvalue weighted by Crippen LogP contribution is -2.24. The number of nitrogens with one attached hydrogen (secondary N) is 1. The van der Waals surface area contributed by atoms with E-state index >= 15 is 0 Å². The van der Waals surface area contributed by atoms with E-state index in [2.05, 4.69) is 56.6 Å². The molecule has 4 rings (SSSR count). The largest absolute Gasteiger partial charge is 0.345 e. The monoisotopic (exact) mass is 560 g/mol. The quantitative estimate of drug-likeness (QED) is 0.250. The van der Waals surface area contributed by atoms with Gasteiger partial charge in [0.05, 0.1) is 17.3 Å². The molecule has 0 saturated carbocycles. The van der Waals surface area contributed by atoms with Crippen LogP contribution in [0.2, 0.25) is 10.0 Å². The molecule has 0 aliphatic carbocycles. The number of nitrogens with zero attached hydrogens (tertiary/aromatic N) is 3. The van der Waals surface area contributed by atoms with Gasteiger partial charge in [-0.3, -0.25) is 9.36 Å². The van der Waals surface area contributed by atoms with Crippen LogP contribution in [0.15, 0.2) is 76.4 Å². The van der Waals surface area contributed by atoms with Crippen molar-refractivity contribution in [2.75, 3.05) is 0 Å². The van der Waals surface area contributed by atoms with Crippen LogP contribution in [0.5, 0.6) is 0 Å². The lowest BCUT2D eigenvalue weighted by Gasteiger charge is -2.13. The van der Waals surface area contributed by atoms with Crippen molar-refractivity contribution in [1.82, 2.24) is 20.1 Å². The van der Waals surface area contributed by atoms with Gasteiger partial charge < -0.3 is 5.32 Å². The Morgan fingerprint density at radius 1 is 1.06 bits per heavy atom. The van der Waals surface area contributed by atoms with Gasteiger partial charge >= 0.3 is 0 Å². The van der Waals surface area contributed by atoms with Crippen molar-refractivity contribution >= 4 is 56.8 Å². The molecule has 0 spiro atoms. The highest BCUT2D eigenvalue weighted by Gasteiger charge is 2.18. The molecule has 1 heterocycles. The third-order valence-electron chi connectivity index (χ3n) is 4.80. The fourth-order valence-corrected chi connectivity index (χ4v) is 5.05. The Bertz CT molecular complexity index is 1310. The molecule has 0 unspecified atom stereocenters. The molecule has 0 atom stereocenters. The normalized spacial score (nSPS) is 10.9. The van der Waals surface area contributed by atoms with Crippen LogP contribution < -0.4 is 5.32 Å². The predicted molar refractivity (Wildman–Crippen MR) is 137 cm³/mol. The molecular formula is C24H19BrCl2N4OS. The molecule has 0 aliphatic heterocycles. The first-order chi connectivity index (χ1) is 15.9. The van der Waals surface area contributed by atoms with Crippen LogP contribution in [-0.4, -0.2) is 20.7 Å². The SMILES string of the molecule is Cc1cccc(CSc2nnc(CNC(=O)c3cccc(Br)c3)n2-c2ccc(Cl)cc2Cl)c1. The molecule has 3 aromatic carbocycles. The lowest BCUT2D eigenvalue weighted by molar-refractivity contribution is 0.0949. The molecule has 5 nitrogen and oxygen atoms in total. The first-order valence-electron chi connectivity index (χ1n) is 10.0. The highest BCUT2D eigenvalue weighted by molar-refractivity contribution is 9.10. The minimum atomic E-state index is -0.206. The van der Waals surface area contributed by atoms with Crippen molar-refractivity contribution in [2.45, 2.75) is 24.4 Å². The van der Waals surface area contributed by atoms with Gasteiger partial charge in [0.15, 0.2) is 11.0 Å². The number of hydrogen-bond donors (Lipinski definition) is 1. The third-order valence-corrected chi connectivity index (χ3v) is 6.83. The minimum Gasteiger partial charge on any atom is -0.345 e. The van der Waals surface area contributed by atoms with Crippen molar-refractivity contribution in [3.05, 3.63) is 104 Å². The van der Waals surface area contributed by atoms with E-state index in [1.807, 2.05) is 28.8 Å². The summed E-state index contributed by atoms with van der Waals surface area (Å²) in [5.41, 5.74) is 3.63. The number of rotatable bonds is 7. The number of hydrogen-bond acceptors (Lipinski definition) is 4. The van der Waals surface area contributed by atoms with Gasteiger partial charge in [-0.2, -0.15) is 0 Å². The van der Waals surface area contributed by atoms with E-state index in [0.717, 1.165) is 10.2 Å². The fraction of sp³-hybridized carbons (Fsp3) is 0.125. The van der Waals surface area contributed by atoms with E-state index in [1.54, 1.807) is 36.0 Å². The Morgan fingerprint density at radius 3 is 2.64 bits per heavy atom. The van der Waals surface area contributed by atoms with E-state index in [9.17, 15) is 4.79 Å². The Morgan fingerprint density at radius 2 is 1.88 bits per heavy atom. The van der Waals surface area contributed by atoms with Crippen LogP contribution in [0.4, 0.5) is 0 Å². The summed E-state index contributed by atoms with van der Waals surface area (Å²) in [6.07, 6.45) is 0. The summed E-state index contributed by atoms with van der Waals surface area (Å²) in [5.74, 6) is 1.08. The summed E-state index contributed by atoms with van der Waals surface area (Å²) in [6, 6.07) is 20.8. The predicted octanol–water partition coefficient (Wildman–Crippen LogP) is 6.87. The smallest absolute Gasteiger partial charge is 0.251 e. The molecule has 4 aromatic rings. The molecule has 0 fully saturated rings. The summed E-state index contributed by atoms with van der Waals surface area (Å²) < 4.78 is 2.70. The third kappa shape index (κ3) is 5.98. The molecule has 0 radical (unpaired) electrons. The van der Waals surface area contributed by atoms with Gasteiger partial charge in [-0.15, -0.1) is 10.2 Å². The van der Waals surface area contributed by atoms with E-state index in [0.29, 0.717) is 32.3 Å². The average Bonchev–Trinajstić information content (AvgIpc) is 3.18. The summed E-state index contributed by atoms with van der Waals surface area (Å²) in [4.78, 5) is 12.6. The zero-order valence-corrected chi connectivity index (χ0v) is 21.5. The molecule has 1 N–H and O–H groups in total. The summed E-state index contributed by atoms with van der Waals surface area (Å²) >= 11 is 17.6. The fourth-order valence-electron chi connectivity index (χ4n) is 3.25. The molecular weight excluding hydrogens is 543 g/mol. The first kappa shape index (κ1) is 23.8. The Labute approximate surface area is 214 Å². The molecule has 0 saturated heterocycles. The zero-order chi connectivity index (χ0) is 23.4. The molecule has 0 aliphatic rings. The Hall–Kier alpha value is -2.32. The van der Waals surface area contributed by atoms with E-state index < -0.39 is 0 Å². The maximum Gasteiger partial charge on any atom is 0.251 e. The van der Waals surface area contributed by atoms with Gasteiger partial charge in [0.1, 0.15) is 0 Å². The number of aromatic nitrogens is 3. The van der Waals surface area contributed by atoms with Crippen molar-refractivity contribution in [3.8, 4) is 5.69 Å². The van der Waals surface area contributed by atoms with E-state index in [-0.39, 0.29) is 12.5 Å². The van der Waals surface area contributed by atoms with Crippen LogP contribution in [0.1, 0.15) is 27.3 Å². The van der Waals surface area contributed by atoms with Crippen LogP contribution in [0.3, 0.4) is 0 Å². The van der Waals surface area contributed by atoms with Gasteiger partial charge in [-0.25, -0.2) is 0 Å². The zero-order valence-electron chi connectivity index (χ0n) is 17.6. The second-order valence-electron chi connectivity index (χ2n) is 7.30. The van der Waals surface area contributed by atoms with Crippen molar-refractivity contribution in [2.24, 2.45) is 0 Å². The molecule has 168 valence electrons. The minimum absolute atomic E-state index is 0.183. The average molecular weight is 562 g/mol. The summed E-state index contributed by atoms with van der Waals surface area (Å²) in [5, 5.41) is 13.3. The van der Waals surface area contributed by atoms with Crippen molar-refractivity contribution in [1.29, 1.82) is 0 Å². The molecule has 1 aromatic heterocycles. The van der Waals surface area contributed by atoms with Gasteiger partial charge in [0.2, 0.25) is 0 Å². The topological polar surface area (TPSA) is 59.8 Å². The van der Waals surface area contributed by atoms with Gasteiger partial charge in [-0.1, -0.05) is 86.8 Å². The van der Waals surface area contributed by atoms with Gasteiger partial charge in [0, 0.05) is 20.8 Å². The Kier molecular flexibility index (Phi) is 7.75. The molecule has 33 heavy (non-hydrogen) atoms. The van der Waals surface area contributed by atoms with Crippen LogP contribution in [0.25, 0.3) is 5.69 Å². The van der Waals surface area contributed by atoms with Crippen molar-refractivity contribution in [3.63, 3.8) is 0 Å². The Balaban J connectivity index is 1.61. The van der Waals surface area contributed by atoms with E-state index in [1.165, 1.54) is 11.1 Å². The van der Waals surface area contributed by atoms with Crippen LogP contribution >= 0.6 is 50.9 Å². The number of benzene rings is 3. The van der Waals surface area contributed by atoms with Gasteiger partial charge in [0.25, 0.3) is 5.91 Å². The van der Waals surface area contributed by atoms with Crippen molar-refractivity contribution < 1.29 is 4.79 Å². The van der Waals surface area contributed by atoms with Crippen LogP contribution in [0, 0.1) is 6.92 Å². The summed E-state index contributed by atoms with van der Waals surface area (Å²) in [6.45, 7) is 2.25. The number of carbonyl (C=O) groups excluding carboxylic acids is 1. The highest BCUT2D eigenvalue weighted by atomic mass is 79.9. The number of amides is 1. The van der Waals surface area contributed by atoms with E-state index in [4.69, 9.17) is 23.2 Å². The summed E-state index contributed by atoms with van der Waals surface area (Å²) in [7, 11) is 0.